The highest BCUT2D eigenvalue weighted by molar-refractivity contribution is 6.30. The molecule has 0 spiro atoms. The Balaban J connectivity index is 2.12. The Morgan fingerprint density at radius 3 is 2.53 bits per heavy atom. The van der Waals surface area contributed by atoms with Gasteiger partial charge >= 0.3 is 0 Å². The summed E-state index contributed by atoms with van der Waals surface area (Å²) in [5.74, 6) is 0.623. The van der Waals surface area contributed by atoms with Gasteiger partial charge in [-0.05, 0) is 56.5 Å². The molecule has 0 aromatic heterocycles. The second-order valence-electron chi connectivity index (χ2n) is 4.51. The molecule has 0 amide bonds. The molecule has 1 aromatic carbocycles. The van der Waals surface area contributed by atoms with Crippen molar-refractivity contribution in [3.8, 4) is 0 Å². The van der Waals surface area contributed by atoms with Gasteiger partial charge in [0, 0.05) is 11.6 Å². The first-order valence-corrected chi connectivity index (χ1v) is 6.77. The van der Waals surface area contributed by atoms with Crippen LogP contribution in [0, 0.1) is 5.92 Å². The van der Waals surface area contributed by atoms with Crippen molar-refractivity contribution in [2.45, 2.75) is 25.9 Å². The molecule has 1 N–H and O–H groups in total. The first-order chi connectivity index (χ1) is 8.31. The summed E-state index contributed by atoms with van der Waals surface area (Å²) in [6.45, 7) is 5.02. The molecule has 0 saturated carbocycles. The van der Waals surface area contributed by atoms with Crippen molar-refractivity contribution in [1.82, 2.24) is 5.32 Å². The SMILES string of the molecule is CCOC(c1ccc(Cl)cc1)C1CCNCC1. The summed E-state index contributed by atoms with van der Waals surface area (Å²) in [7, 11) is 0. The van der Waals surface area contributed by atoms with Crippen LogP contribution >= 0.6 is 11.6 Å². The van der Waals surface area contributed by atoms with Crippen molar-refractivity contribution < 1.29 is 4.74 Å². The maximum atomic E-state index is 5.94. The van der Waals surface area contributed by atoms with Crippen LogP contribution in [0.2, 0.25) is 5.02 Å². The number of hydrogen-bond acceptors (Lipinski definition) is 2. The number of rotatable bonds is 4. The third-order valence-electron chi connectivity index (χ3n) is 3.36. The van der Waals surface area contributed by atoms with E-state index < -0.39 is 0 Å². The maximum Gasteiger partial charge on any atom is 0.0853 e. The summed E-state index contributed by atoms with van der Waals surface area (Å²) < 4.78 is 5.94. The van der Waals surface area contributed by atoms with Crippen molar-refractivity contribution in [2.24, 2.45) is 5.92 Å². The van der Waals surface area contributed by atoms with E-state index in [1.54, 1.807) is 0 Å². The minimum absolute atomic E-state index is 0.222. The summed E-state index contributed by atoms with van der Waals surface area (Å²) in [6.07, 6.45) is 2.60. The summed E-state index contributed by atoms with van der Waals surface area (Å²) in [5, 5.41) is 4.18. The van der Waals surface area contributed by atoms with Gasteiger partial charge in [-0.25, -0.2) is 0 Å². The van der Waals surface area contributed by atoms with Crippen LogP contribution in [0.1, 0.15) is 31.4 Å². The molecular weight excluding hydrogens is 234 g/mol. The van der Waals surface area contributed by atoms with Gasteiger partial charge in [-0.15, -0.1) is 0 Å². The second-order valence-corrected chi connectivity index (χ2v) is 4.95. The van der Waals surface area contributed by atoms with Crippen LogP contribution < -0.4 is 5.32 Å². The summed E-state index contributed by atoms with van der Waals surface area (Å²) in [5.41, 5.74) is 1.25. The van der Waals surface area contributed by atoms with E-state index in [1.165, 1.54) is 18.4 Å². The van der Waals surface area contributed by atoms with E-state index in [0.717, 1.165) is 24.7 Å². The third-order valence-corrected chi connectivity index (χ3v) is 3.61. The molecule has 2 nitrogen and oxygen atoms in total. The Hall–Kier alpha value is -0.570. The molecular formula is C14H20ClNO. The first-order valence-electron chi connectivity index (χ1n) is 6.39. The Labute approximate surface area is 108 Å². The predicted octanol–water partition coefficient (Wildman–Crippen LogP) is 3.42. The number of benzene rings is 1. The lowest BCUT2D eigenvalue weighted by atomic mass is 9.88. The molecule has 0 aliphatic carbocycles. The monoisotopic (exact) mass is 253 g/mol. The van der Waals surface area contributed by atoms with Gasteiger partial charge in [0.05, 0.1) is 6.10 Å². The van der Waals surface area contributed by atoms with E-state index in [9.17, 15) is 0 Å². The normalized spacial score (nSPS) is 19.2. The molecule has 1 aliphatic rings. The molecule has 1 aromatic rings. The number of halogens is 1. The highest BCUT2D eigenvalue weighted by atomic mass is 35.5. The molecule has 17 heavy (non-hydrogen) atoms. The summed E-state index contributed by atoms with van der Waals surface area (Å²) in [4.78, 5) is 0. The quantitative estimate of drug-likeness (QED) is 0.888. The molecule has 1 heterocycles. The van der Waals surface area contributed by atoms with Gasteiger partial charge in [0.15, 0.2) is 0 Å². The van der Waals surface area contributed by atoms with E-state index >= 15 is 0 Å². The average molecular weight is 254 g/mol. The lowest BCUT2D eigenvalue weighted by molar-refractivity contribution is 0.00799. The molecule has 1 fully saturated rings. The topological polar surface area (TPSA) is 21.3 Å². The van der Waals surface area contributed by atoms with Gasteiger partial charge in [0.1, 0.15) is 0 Å². The Morgan fingerprint density at radius 2 is 1.94 bits per heavy atom. The standard InChI is InChI=1S/C14H20ClNO/c1-2-17-14(12-7-9-16-10-8-12)11-3-5-13(15)6-4-11/h3-6,12,14,16H,2,7-10H2,1H3. The Kier molecular flexibility index (Phi) is 4.84. The maximum absolute atomic E-state index is 5.94. The third kappa shape index (κ3) is 3.44. The molecule has 94 valence electrons. The van der Waals surface area contributed by atoms with Crippen LogP contribution in [-0.4, -0.2) is 19.7 Å². The van der Waals surface area contributed by atoms with E-state index in [-0.39, 0.29) is 6.10 Å². The number of nitrogens with one attached hydrogen (secondary N) is 1. The average Bonchev–Trinajstić information content (AvgIpc) is 2.38. The fourth-order valence-electron chi connectivity index (χ4n) is 2.48. The van der Waals surface area contributed by atoms with Crippen molar-refractivity contribution in [3.63, 3.8) is 0 Å². The van der Waals surface area contributed by atoms with Crippen molar-refractivity contribution >= 4 is 11.6 Å². The molecule has 1 aliphatic heterocycles. The lowest BCUT2D eigenvalue weighted by Crippen LogP contribution is -2.31. The van der Waals surface area contributed by atoms with Crippen LogP contribution in [0.15, 0.2) is 24.3 Å². The second kappa shape index (κ2) is 6.39. The molecule has 2 rings (SSSR count). The highest BCUT2D eigenvalue weighted by Gasteiger charge is 2.25. The number of ether oxygens (including phenoxy) is 1. The number of piperidine rings is 1. The van der Waals surface area contributed by atoms with Crippen molar-refractivity contribution in [2.75, 3.05) is 19.7 Å². The highest BCUT2D eigenvalue weighted by Crippen LogP contribution is 2.32. The van der Waals surface area contributed by atoms with Crippen molar-refractivity contribution in [1.29, 1.82) is 0 Å². The fraction of sp³-hybridized carbons (Fsp3) is 0.571. The lowest BCUT2D eigenvalue weighted by Gasteiger charge is -2.30. The molecule has 1 saturated heterocycles. The van der Waals surface area contributed by atoms with Gasteiger partial charge in [0.2, 0.25) is 0 Å². The zero-order chi connectivity index (χ0) is 12.1. The van der Waals surface area contributed by atoms with E-state index in [0.29, 0.717) is 5.92 Å². The Bertz CT molecular complexity index is 333. The van der Waals surface area contributed by atoms with Crippen LogP contribution in [-0.2, 0) is 4.74 Å². The van der Waals surface area contributed by atoms with Gasteiger partial charge < -0.3 is 10.1 Å². The molecule has 0 radical (unpaired) electrons. The van der Waals surface area contributed by atoms with E-state index in [4.69, 9.17) is 16.3 Å². The van der Waals surface area contributed by atoms with Gasteiger partial charge in [0.25, 0.3) is 0 Å². The van der Waals surface area contributed by atoms with Gasteiger partial charge in [-0.3, -0.25) is 0 Å². The minimum Gasteiger partial charge on any atom is -0.374 e. The van der Waals surface area contributed by atoms with E-state index in [2.05, 4.69) is 24.4 Å². The van der Waals surface area contributed by atoms with E-state index in [1.807, 2.05) is 12.1 Å². The molecule has 1 atom stereocenters. The predicted molar refractivity (Wildman–Crippen MR) is 71.4 cm³/mol. The first kappa shape index (κ1) is 12.9. The summed E-state index contributed by atoms with van der Waals surface area (Å²) >= 11 is 5.93. The fourth-order valence-corrected chi connectivity index (χ4v) is 2.61. The van der Waals surface area contributed by atoms with Crippen LogP contribution in [0.3, 0.4) is 0 Å². The largest absolute Gasteiger partial charge is 0.374 e. The van der Waals surface area contributed by atoms with Crippen LogP contribution in [0.25, 0.3) is 0 Å². The summed E-state index contributed by atoms with van der Waals surface area (Å²) in [6, 6.07) is 8.07. The van der Waals surface area contributed by atoms with Gasteiger partial charge in [-0.1, -0.05) is 23.7 Å². The smallest absolute Gasteiger partial charge is 0.0853 e. The van der Waals surface area contributed by atoms with Crippen LogP contribution in [0.5, 0.6) is 0 Å². The zero-order valence-electron chi connectivity index (χ0n) is 10.3. The van der Waals surface area contributed by atoms with Crippen molar-refractivity contribution in [3.05, 3.63) is 34.9 Å². The number of hydrogen-bond donors (Lipinski definition) is 1. The molecule has 0 bridgehead atoms. The zero-order valence-corrected chi connectivity index (χ0v) is 11.0. The van der Waals surface area contributed by atoms with Crippen LogP contribution in [0.4, 0.5) is 0 Å². The molecule has 3 heteroatoms. The minimum atomic E-state index is 0.222. The Morgan fingerprint density at radius 1 is 1.29 bits per heavy atom. The van der Waals surface area contributed by atoms with Gasteiger partial charge in [-0.2, -0.15) is 0 Å². The molecule has 1 unspecified atom stereocenters.